The average molecular weight is 446 g/mol. The number of halogens is 2. The number of hydrogen-bond acceptors (Lipinski definition) is 4. The van der Waals surface area contributed by atoms with Crippen molar-refractivity contribution in [3.8, 4) is 0 Å². The molecule has 1 spiro atoms. The van der Waals surface area contributed by atoms with Crippen LogP contribution < -0.4 is 5.32 Å². The normalized spacial score (nSPS) is 20.5. The highest BCUT2D eigenvalue weighted by molar-refractivity contribution is 6.31. The molecule has 0 radical (unpaired) electrons. The van der Waals surface area contributed by atoms with Crippen molar-refractivity contribution in [3.05, 3.63) is 64.7 Å². The minimum absolute atomic E-state index is 0.0494. The second-order valence-electron chi connectivity index (χ2n) is 8.26. The lowest BCUT2D eigenvalue weighted by atomic mass is 9.79. The van der Waals surface area contributed by atoms with Crippen molar-refractivity contribution in [2.75, 3.05) is 26.2 Å². The van der Waals surface area contributed by atoms with Crippen LogP contribution in [0.15, 0.2) is 42.7 Å². The number of hydrogen-bond donors (Lipinski definition) is 1. The van der Waals surface area contributed by atoms with Crippen LogP contribution in [0.4, 0.5) is 4.39 Å². The van der Waals surface area contributed by atoms with Crippen LogP contribution in [0.25, 0.3) is 0 Å². The molecule has 1 unspecified atom stereocenters. The van der Waals surface area contributed by atoms with Crippen LogP contribution in [0, 0.1) is 11.7 Å². The smallest absolute Gasteiger partial charge is 0.253 e. The molecule has 0 bridgehead atoms. The van der Waals surface area contributed by atoms with Gasteiger partial charge in [-0.25, -0.2) is 4.39 Å². The molecule has 2 aromatic rings. The largest absolute Gasteiger partial charge is 0.375 e. The van der Waals surface area contributed by atoms with Gasteiger partial charge in [0.25, 0.3) is 11.8 Å². The monoisotopic (exact) mass is 445 g/mol. The third-order valence-corrected chi connectivity index (χ3v) is 6.51. The molecule has 6 nitrogen and oxygen atoms in total. The van der Waals surface area contributed by atoms with E-state index in [4.69, 9.17) is 16.3 Å². The van der Waals surface area contributed by atoms with Crippen molar-refractivity contribution < 1.29 is 18.7 Å². The zero-order valence-electron chi connectivity index (χ0n) is 17.2. The van der Waals surface area contributed by atoms with Crippen molar-refractivity contribution in [1.82, 2.24) is 15.2 Å². The molecule has 164 valence electrons. The SMILES string of the molecule is O=C(NCC1CCOC2(CCN(C(=O)c3ccc(F)c(Cl)c3)CC2)C1)c1ccncc1. The fraction of sp³-hybridized carbons (Fsp3) is 0.435. The summed E-state index contributed by atoms with van der Waals surface area (Å²) in [6.45, 7) is 2.40. The molecule has 2 aliphatic heterocycles. The molecular weight excluding hydrogens is 421 g/mol. The zero-order chi connectivity index (χ0) is 21.8. The molecule has 31 heavy (non-hydrogen) atoms. The highest BCUT2D eigenvalue weighted by Crippen LogP contribution is 2.37. The molecule has 2 amide bonds. The summed E-state index contributed by atoms with van der Waals surface area (Å²) in [5.74, 6) is -0.443. The van der Waals surface area contributed by atoms with Gasteiger partial charge in [-0.2, -0.15) is 0 Å². The minimum atomic E-state index is -0.534. The van der Waals surface area contributed by atoms with Gasteiger partial charge < -0.3 is 15.0 Å². The number of ether oxygens (including phenoxy) is 1. The van der Waals surface area contributed by atoms with Gasteiger partial charge in [-0.05, 0) is 61.9 Å². The van der Waals surface area contributed by atoms with Crippen LogP contribution in [0.3, 0.4) is 0 Å². The Kier molecular flexibility index (Phi) is 6.53. The van der Waals surface area contributed by atoms with E-state index in [1.165, 1.54) is 18.2 Å². The first-order valence-electron chi connectivity index (χ1n) is 10.5. The molecule has 8 heteroatoms. The third-order valence-electron chi connectivity index (χ3n) is 6.22. The summed E-state index contributed by atoms with van der Waals surface area (Å²) < 4.78 is 19.6. The van der Waals surface area contributed by atoms with E-state index in [2.05, 4.69) is 10.3 Å². The topological polar surface area (TPSA) is 71.5 Å². The van der Waals surface area contributed by atoms with E-state index in [1.807, 2.05) is 0 Å². The maximum Gasteiger partial charge on any atom is 0.253 e. The molecule has 4 rings (SSSR count). The number of carbonyl (C=O) groups excluding carboxylic acids is 2. The van der Waals surface area contributed by atoms with E-state index in [1.54, 1.807) is 29.4 Å². The molecule has 3 heterocycles. The summed E-state index contributed by atoms with van der Waals surface area (Å²) in [5, 5.41) is 2.97. The van der Waals surface area contributed by atoms with Crippen molar-refractivity contribution in [2.45, 2.75) is 31.3 Å². The number of amides is 2. The minimum Gasteiger partial charge on any atom is -0.375 e. The summed E-state index contributed by atoms with van der Waals surface area (Å²) in [6.07, 6.45) is 6.44. The van der Waals surface area contributed by atoms with Gasteiger partial charge in [0.1, 0.15) is 5.82 Å². The number of pyridine rings is 1. The Labute approximate surface area is 185 Å². The fourth-order valence-electron chi connectivity index (χ4n) is 4.42. The van der Waals surface area contributed by atoms with Crippen LogP contribution in [0.2, 0.25) is 5.02 Å². The van der Waals surface area contributed by atoms with Crippen LogP contribution in [-0.2, 0) is 4.74 Å². The molecule has 2 aliphatic rings. The van der Waals surface area contributed by atoms with E-state index < -0.39 is 5.82 Å². The Morgan fingerprint density at radius 2 is 1.94 bits per heavy atom. The average Bonchev–Trinajstić information content (AvgIpc) is 2.80. The summed E-state index contributed by atoms with van der Waals surface area (Å²) in [6, 6.07) is 7.45. The van der Waals surface area contributed by atoms with Crippen LogP contribution in [0.5, 0.6) is 0 Å². The van der Waals surface area contributed by atoms with Crippen LogP contribution in [-0.4, -0.2) is 53.5 Å². The lowest BCUT2D eigenvalue weighted by molar-refractivity contribution is -0.122. The number of aromatic nitrogens is 1. The van der Waals surface area contributed by atoms with Gasteiger partial charge in [-0.1, -0.05) is 11.6 Å². The van der Waals surface area contributed by atoms with Crippen LogP contribution in [0.1, 0.15) is 46.4 Å². The van der Waals surface area contributed by atoms with Gasteiger partial charge in [-0.3, -0.25) is 14.6 Å². The summed E-state index contributed by atoms with van der Waals surface area (Å²) in [4.78, 5) is 30.8. The first-order chi connectivity index (χ1) is 15.0. The Morgan fingerprint density at radius 1 is 1.19 bits per heavy atom. The van der Waals surface area contributed by atoms with E-state index in [-0.39, 0.29) is 22.4 Å². The molecule has 1 aromatic heterocycles. The van der Waals surface area contributed by atoms with Crippen molar-refractivity contribution in [2.24, 2.45) is 5.92 Å². The van der Waals surface area contributed by atoms with Gasteiger partial charge in [0.15, 0.2) is 0 Å². The predicted octanol–water partition coefficient (Wildman–Crippen LogP) is 3.71. The summed E-state index contributed by atoms with van der Waals surface area (Å²) in [7, 11) is 0. The first kappa shape index (κ1) is 21.7. The van der Waals surface area contributed by atoms with E-state index >= 15 is 0 Å². The number of likely N-dealkylation sites (tertiary alicyclic amines) is 1. The third kappa shape index (κ3) is 5.05. The highest BCUT2D eigenvalue weighted by Gasteiger charge is 2.41. The van der Waals surface area contributed by atoms with Crippen LogP contribution >= 0.6 is 11.6 Å². The maximum absolute atomic E-state index is 13.4. The quantitative estimate of drug-likeness (QED) is 0.778. The number of rotatable bonds is 4. The number of nitrogens with zero attached hydrogens (tertiary/aromatic N) is 2. The maximum atomic E-state index is 13.4. The van der Waals surface area contributed by atoms with E-state index in [0.717, 1.165) is 25.7 Å². The lowest BCUT2D eigenvalue weighted by Gasteiger charge is -2.46. The Balaban J connectivity index is 1.31. The van der Waals surface area contributed by atoms with E-state index in [0.29, 0.717) is 43.3 Å². The Bertz CT molecular complexity index is 948. The number of piperidine rings is 1. The second-order valence-corrected chi connectivity index (χ2v) is 8.66. The lowest BCUT2D eigenvalue weighted by Crippen LogP contribution is -2.51. The Hall–Kier alpha value is -2.51. The molecule has 1 atom stereocenters. The predicted molar refractivity (Wildman–Crippen MR) is 115 cm³/mol. The first-order valence-corrected chi connectivity index (χ1v) is 10.9. The summed E-state index contributed by atoms with van der Waals surface area (Å²) >= 11 is 5.82. The van der Waals surface area contributed by atoms with Gasteiger partial charge in [0.05, 0.1) is 10.6 Å². The molecule has 0 aliphatic carbocycles. The fourth-order valence-corrected chi connectivity index (χ4v) is 4.60. The molecule has 2 saturated heterocycles. The molecule has 0 saturated carbocycles. The van der Waals surface area contributed by atoms with Crippen molar-refractivity contribution in [3.63, 3.8) is 0 Å². The summed E-state index contributed by atoms with van der Waals surface area (Å²) in [5.41, 5.74) is 0.731. The molecule has 1 N–H and O–H groups in total. The number of carbonyl (C=O) groups is 2. The standard InChI is InChI=1S/C23H25ClFN3O3/c24-19-13-18(1-2-20(19)25)22(30)28-10-6-23(7-11-28)14-16(5-12-31-23)15-27-21(29)17-3-8-26-9-4-17/h1-4,8-9,13,16H,5-7,10-12,14-15H2,(H,27,29). The van der Waals surface area contributed by atoms with Crippen molar-refractivity contribution >= 4 is 23.4 Å². The zero-order valence-corrected chi connectivity index (χ0v) is 17.9. The van der Waals surface area contributed by atoms with E-state index in [9.17, 15) is 14.0 Å². The van der Waals surface area contributed by atoms with Gasteiger partial charge in [-0.15, -0.1) is 0 Å². The molecule has 1 aromatic carbocycles. The molecular formula is C23H25ClFN3O3. The van der Waals surface area contributed by atoms with Crippen molar-refractivity contribution in [1.29, 1.82) is 0 Å². The number of benzene rings is 1. The van der Waals surface area contributed by atoms with Gasteiger partial charge in [0.2, 0.25) is 0 Å². The number of nitrogens with one attached hydrogen (secondary N) is 1. The molecule has 2 fully saturated rings. The van der Waals surface area contributed by atoms with Gasteiger partial charge in [0, 0.05) is 49.8 Å². The highest BCUT2D eigenvalue weighted by atomic mass is 35.5. The van der Waals surface area contributed by atoms with Gasteiger partial charge >= 0.3 is 0 Å². The Morgan fingerprint density at radius 3 is 2.65 bits per heavy atom. The second kappa shape index (κ2) is 9.32.